The van der Waals surface area contributed by atoms with Gasteiger partial charge in [0.1, 0.15) is 0 Å². The van der Waals surface area contributed by atoms with Gasteiger partial charge < -0.3 is 9.84 Å². The van der Waals surface area contributed by atoms with E-state index in [-0.39, 0.29) is 12.2 Å². The predicted molar refractivity (Wildman–Crippen MR) is 60.2 cm³/mol. The van der Waals surface area contributed by atoms with Gasteiger partial charge in [-0.2, -0.15) is 11.8 Å². The van der Waals surface area contributed by atoms with Crippen molar-refractivity contribution in [1.82, 2.24) is 0 Å². The Kier molecular flexibility index (Phi) is 3.26. The van der Waals surface area contributed by atoms with Gasteiger partial charge in [0.15, 0.2) is 0 Å². The molecule has 0 spiro atoms. The van der Waals surface area contributed by atoms with Crippen molar-refractivity contribution in [3.05, 3.63) is 0 Å². The van der Waals surface area contributed by atoms with Gasteiger partial charge in [-0.05, 0) is 44.1 Å². The Morgan fingerprint density at radius 3 is 2.87 bits per heavy atom. The number of carboxylic acids is 1. The number of carbonyl (C=O) groups is 1. The van der Waals surface area contributed by atoms with Gasteiger partial charge in [0.25, 0.3) is 0 Å². The van der Waals surface area contributed by atoms with E-state index in [1.807, 2.05) is 0 Å². The van der Waals surface area contributed by atoms with Crippen LogP contribution in [0.4, 0.5) is 0 Å². The first-order valence-corrected chi connectivity index (χ1v) is 6.96. The zero-order chi connectivity index (χ0) is 10.9. The number of thioether (sulfide) groups is 1. The van der Waals surface area contributed by atoms with E-state index in [2.05, 4.69) is 6.26 Å². The molecule has 4 heteroatoms. The molecule has 15 heavy (non-hydrogen) atoms. The lowest BCUT2D eigenvalue weighted by Gasteiger charge is -2.30. The van der Waals surface area contributed by atoms with E-state index in [9.17, 15) is 9.90 Å². The minimum atomic E-state index is -0.643. The molecule has 2 saturated heterocycles. The van der Waals surface area contributed by atoms with E-state index in [4.69, 9.17) is 4.74 Å². The average Bonchev–Trinajstić information content (AvgIpc) is 2.78. The van der Waals surface area contributed by atoms with Crippen molar-refractivity contribution in [1.29, 1.82) is 0 Å². The predicted octanol–water partition coefficient (Wildman–Crippen LogP) is 2.15. The van der Waals surface area contributed by atoms with E-state index >= 15 is 0 Å². The topological polar surface area (TPSA) is 46.5 Å². The Balaban J connectivity index is 2.02. The Labute approximate surface area is 94.6 Å². The molecule has 3 atom stereocenters. The Morgan fingerprint density at radius 2 is 2.40 bits per heavy atom. The Morgan fingerprint density at radius 1 is 1.60 bits per heavy atom. The number of rotatable bonds is 5. The van der Waals surface area contributed by atoms with Gasteiger partial charge in [0.05, 0.1) is 17.6 Å². The van der Waals surface area contributed by atoms with Crippen LogP contribution in [0.1, 0.15) is 32.1 Å². The minimum absolute atomic E-state index is 0.0122. The van der Waals surface area contributed by atoms with Crippen LogP contribution < -0.4 is 0 Å². The van der Waals surface area contributed by atoms with Gasteiger partial charge in [-0.3, -0.25) is 4.79 Å². The van der Waals surface area contributed by atoms with Gasteiger partial charge in [0.2, 0.25) is 0 Å². The van der Waals surface area contributed by atoms with E-state index in [1.165, 1.54) is 0 Å². The number of ether oxygens (including phenoxy) is 1. The molecule has 86 valence electrons. The highest BCUT2D eigenvalue weighted by atomic mass is 32.2. The number of fused-ring (bicyclic) bond motifs is 2. The van der Waals surface area contributed by atoms with Crippen LogP contribution in [0.2, 0.25) is 0 Å². The van der Waals surface area contributed by atoms with Crippen molar-refractivity contribution >= 4 is 17.7 Å². The Hall–Kier alpha value is -0.220. The van der Waals surface area contributed by atoms with Gasteiger partial charge in [-0.1, -0.05) is 0 Å². The molecule has 0 aliphatic carbocycles. The highest BCUT2D eigenvalue weighted by molar-refractivity contribution is 7.98. The van der Waals surface area contributed by atoms with Crippen LogP contribution in [0, 0.1) is 5.41 Å². The van der Waals surface area contributed by atoms with Gasteiger partial charge in [-0.25, -0.2) is 0 Å². The SMILES string of the molecule is CSCCCC1(C(=O)O)CC2CCC1O2. The molecule has 2 rings (SSSR count). The monoisotopic (exact) mass is 230 g/mol. The first kappa shape index (κ1) is 11.3. The summed E-state index contributed by atoms with van der Waals surface area (Å²) >= 11 is 1.78. The van der Waals surface area contributed by atoms with Crippen molar-refractivity contribution in [2.45, 2.75) is 44.3 Å². The molecule has 2 aliphatic rings. The molecule has 0 saturated carbocycles. The van der Waals surface area contributed by atoms with Crippen LogP contribution >= 0.6 is 11.8 Å². The van der Waals surface area contributed by atoms with Crippen LogP contribution in [0.5, 0.6) is 0 Å². The molecule has 0 aromatic rings. The molecular formula is C11H18O3S. The second kappa shape index (κ2) is 4.34. The smallest absolute Gasteiger partial charge is 0.312 e. The fraction of sp³-hybridized carbons (Fsp3) is 0.909. The third-order valence-electron chi connectivity index (χ3n) is 3.71. The summed E-state index contributed by atoms with van der Waals surface area (Å²) in [5.74, 6) is 0.405. The maximum absolute atomic E-state index is 11.4. The first-order chi connectivity index (χ1) is 7.19. The molecule has 0 aromatic carbocycles. The Bertz CT molecular complexity index is 256. The summed E-state index contributed by atoms with van der Waals surface area (Å²) in [5.41, 5.74) is -0.557. The molecule has 2 fully saturated rings. The van der Waals surface area contributed by atoms with E-state index in [0.29, 0.717) is 0 Å². The molecular weight excluding hydrogens is 212 g/mol. The van der Waals surface area contributed by atoms with E-state index in [1.54, 1.807) is 11.8 Å². The number of carboxylic acid groups (broad SMARTS) is 1. The van der Waals surface area contributed by atoms with Crippen molar-refractivity contribution in [2.24, 2.45) is 5.41 Å². The fourth-order valence-corrected chi connectivity index (χ4v) is 3.36. The number of hydrogen-bond acceptors (Lipinski definition) is 3. The molecule has 0 radical (unpaired) electrons. The van der Waals surface area contributed by atoms with Gasteiger partial charge in [-0.15, -0.1) is 0 Å². The highest BCUT2D eigenvalue weighted by Gasteiger charge is 2.56. The van der Waals surface area contributed by atoms with E-state index in [0.717, 1.165) is 37.9 Å². The molecule has 2 heterocycles. The molecule has 2 bridgehead atoms. The van der Waals surface area contributed by atoms with Crippen LogP contribution in [0.15, 0.2) is 0 Å². The summed E-state index contributed by atoms with van der Waals surface area (Å²) in [7, 11) is 0. The summed E-state index contributed by atoms with van der Waals surface area (Å²) in [6.07, 6.45) is 6.77. The first-order valence-electron chi connectivity index (χ1n) is 5.57. The van der Waals surface area contributed by atoms with Gasteiger partial charge in [0, 0.05) is 0 Å². The maximum Gasteiger partial charge on any atom is 0.312 e. The summed E-state index contributed by atoms with van der Waals surface area (Å²) in [4.78, 5) is 11.4. The normalized spacial score (nSPS) is 38.5. The average molecular weight is 230 g/mol. The second-order valence-electron chi connectivity index (χ2n) is 4.59. The quantitative estimate of drug-likeness (QED) is 0.735. The standard InChI is InChI=1S/C11H18O3S/c1-15-6-2-5-11(10(12)13)7-8-3-4-9(11)14-8/h8-9H,2-7H2,1H3,(H,12,13). The third kappa shape index (κ3) is 1.89. The molecule has 3 unspecified atom stereocenters. The van der Waals surface area contributed by atoms with E-state index < -0.39 is 11.4 Å². The maximum atomic E-state index is 11.4. The zero-order valence-corrected chi connectivity index (χ0v) is 9.89. The summed E-state index contributed by atoms with van der Waals surface area (Å²) in [6, 6.07) is 0. The minimum Gasteiger partial charge on any atom is -0.481 e. The lowest BCUT2D eigenvalue weighted by atomic mass is 9.71. The summed E-state index contributed by atoms with van der Waals surface area (Å²) in [6.45, 7) is 0. The van der Waals surface area contributed by atoms with Crippen LogP contribution in [0.3, 0.4) is 0 Å². The summed E-state index contributed by atoms with van der Waals surface area (Å²) in [5, 5.41) is 9.40. The molecule has 3 nitrogen and oxygen atoms in total. The van der Waals surface area contributed by atoms with Gasteiger partial charge >= 0.3 is 5.97 Å². The zero-order valence-electron chi connectivity index (χ0n) is 9.07. The second-order valence-corrected chi connectivity index (χ2v) is 5.57. The largest absolute Gasteiger partial charge is 0.481 e. The number of hydrogen-bond donors (Lipinski definition) is 1. The van der Waals surface area contributed by atoms with Crippen molar-refractivity contribution in [2.75, 3.05) is 12.0 Å². The fourth-order valence-electron chi connectivity index (χ4n) is 2.93. The van der Waals surface area contributed by atoms with Crippen LogP contribution in [-0.4, -0.2) is 35.3 Å². The molecule has 0 amide bonds. The number of aliphatic carboxylic acids is 1. The molecule has 0 aromatic heterocycles. The van der Waals surface area contributed by atoms with Crippen molar-refractivity contribution in [3.8, 4) is 0 Å². The molecule has 2 aliphatic heterocycles. The van der Waals surface area contributed by atoms with Crippen molar-refractivity contribution < 1.29 is 14.6 Å². The molecule has 1 N–H and O–H groups in total. The summed E-state index contributed by atoms with van der Waals surface area (Å²) < 4.78 is 5.69. The lowest BCUT2D eigenvalue weighted by Crippen LogP contribution is -2.40. The lowest BCUT2D eigenvalue weighted by molar-refractivity contribution is -0.152. The third-order valence-corrected chi connectivity index (χ3v) is 4.41. The van der Waals surface area contributed by atoms with Crippen LogP contribution in [-0.2, 0) is 9.53 Å². The van der Waals surface area contributed by atoms with Crippen LogP contribution in [0.25, 0.3) is 0 Å². The van der Waals surface area contributed by atoms with Crippen molar-refractivity contribution in [3.63, 3.8) is 0 Å². The highest BCUT2D eigenvalue weighted by Crippen LogP contribution is 2.50.